The average Bonchev–Trinajstić information content (AvgIpc) is 3.17. The summed E-state index contributed by atoms with van der Waals surface area (Å²) in [5.41, 5.74) is 1.10. The highest BCUT2D eigenvalue weighted by atomic mass is 32.2. The maximum atomic E-state index is 12.3. The van der Waals surface area contributed by atoms with Gasteiger partial charge in [-0.2, -0.15) is 17.0 Å². The van der Waals surface area contributed by atoms with E-state index in [9.17, 15) is 13.2 Å². The summed E-state index contributed by atoms with van der Waals surface area (Å²) >= 11 is 0. The van der Waals surface area contributed by atoms with E-state index in [0.717, 1.165) is 5.56 Å². The smallest absolute Gasteiger partial charge is 0.281 e. The minimum Gasteiger partial charge on any atom is -0.355 e. The number of amides is 1. The monoisotopic (exact) mass is 392 g/mol. The van der Waals surface area contributed by atoms with Crippen LogP contribution in [0.1, 0.15) is 23.3 Å². The Balaban J connectivity index is 1.50. The van der Waals surface area contributed by atoms with Crippen LogP contribution in [0.5, 0.6) is 0 Å². The molecule has 2 aromatic rings. The third-order valence-electron chi connectivity index (χ3n) is 4.71. The van der Waals surface area contributed by atoms with Gasteiger partial charge in [0.25, 0.3) is 16.1 Å². The second kappa shape index (κ2) is 8.20. The molecule has 8 nitrogen and oxygen atoms in total. The zero-order valence-electron chi connectivity index (χ0n) is 15.5. The third-order valence-corrected chi connectivity index (χ3v) is 6.65. The molecule has 0 aliphatic carbocycles. The molecule has 9 heteroatoms. The summed E-state index contributed by atoms with van der Waals surface area (Å²) in [6.45, 7) is 1.41. The quantitative estimate of drug-likeness (QED) is 0.805. The molecule has 0 atom stereocenters. The molecule has 0 spiro atoms. The van der Waals surface area contributed by atoms with Crippen LogP contribution in [0, 0.1) is 5.92 Å². The van der Waals surface area contributed by atoms with E-state index < -0.39 is 10.2 Å². The van der Waals surface area contributed by atoms with Crippen molar-refractivity contribution in [3.05, 3.63) is 42.1 Å². The van der Waals surface area contributed by atoms with Crippen molar-refractivity contribution >= 4 is 16.1 Å². The Morgan fingerprint density at radius 3 is 2.56 bits per heavy atom. The predicted molar refractivity (Wildman–Crippen MR) is 101 cm³/mol. The molecule has 146 valence electrons. The van der Waals surface area contributed by atoms with E-state index in [-0.39, 0.29) is 17.5 Å². The zero-order valence-corrected chi connectivity index (χ0v) is 16.3. The first kappa shape index (κ1) is 19.5. The fraction of sp³-hybridized carbons (Fsp3) is 0.444. The first-order valence-corrected chi connectivity index (χ1v) is 10.3. The minimum atomic E-state index is -3.36. The molecule has 1 aliphatic heterocycles. The van der Waals surface area contributed by atoms with Gasteiger partial charge in [-0.05, 0) is 18.8 Å². The fourth-order valence-corrected chi connectivity index (χ4v) is 4.16. The van der Waals surface area contributed by atoms with Crippen molar-refractivity contribution in [2.24, 2.45) is 5.92 Å². The largest absolute Gasteiger partial charge is 0.355 e. The Labute approximate surface area is 159 Å². The molecule has 2 heterocycles. The number of nitrogens with one attached hydrogen (secondary N) is 1. The Kier molecular flexibility index (Phi) is 5.93. The van der Waals surface area contributed by atoms with Crippen LogP contribution in [-0.4, -0.2) is 61.8 Å². The minimum absolute atomic E-state index is 0.237. The number of piperidine rings is 1. The maximum absolute atomic E-state index is 12.3. The van der Waals surface area contributed by atoms with Crippen LogP contribution in [0.25, 0.3) is 11.3 Å². The third kappa shape index (κ3) is 4.55. The van der Waals surface area contributed by atoms with Crippen molar-refractivity contribution in [3.8, 4) is 11.3 Å². The Hall–Kier alpha value is -2.23. The number of rotatable bonds is 6. The van der Waals surface area contributed by atoms with Crippen LogP contribution < -0.4 is 5.32 Å². The highest BCUT2D eigenvalue weighted by molar-refractivity contribution is 7.86. The second-order valence-electron chi connectivity index (χ2n) is 6.79. The number of hydrogen-bond acceptors (Lipinski definition) is 5. The lowest BCUT2D eigenvalue weighted by Gasteiger charge is -2.32. The highest BCUT2D eigenvalue weighted by Crippen LogP contribution is 2.21. The summed E-state index contributed by atoms with van der Waals surface area (Å²) in [6, 6.07) is 11.1. The van der Waals surface area contributed by atoms with Gasteiger partial charge >= 0.3 is 0 Å². The fourth-order valence-electron chi connectivity index (χ4n) is 3.02. The van der Waals surface area contributed by atoms with Gasteiger partial charge in [0.2, 0.25) is 0 Å². The Bertz CT molecular complexity index is 872. The molecule has 0 bridgehead atoms. The molecule has 1 amide bonds. The van der Waals surface area contributed by atoms with Crippen LogP contribution in [-0.2, 0) is 10.2 Å². The lowest BCUT2D eigenvalue weighted by molar-refractivity contribution is 0.0932. The molecule has 1 fully saturated rings. The van der Waals surface area contributed by atoms with Crippen molar-refractivity contribution in [1.29, 1.82) is 0 Å². The zero-order chi connectivity index (χ0) is 19.4. The van der Waals surface area contributed by atoms with Gasteiger partial charge in [-0.3, -0.25) is 4.79 Å². The van der Waals surface area contributed by atoms with Crippen molar-refractivity contribution < 1.29 is 17.7 Å². The van der Waals surface area contributed by atoms with Crippen molar-refractivity contribution in [2.45, 2.75) is 12.8 Å². The molecule has 0 saturated carbocycles. The van der Waals surface area contributed by atoms with Gasteiger partial charge in [0, 0.05) is 45.4 Å². The molecule has 27 heavy (non-hydrogen) atoms. The van der Waals surface area contributed by atoms with Crippen LogP contribution in [0.2, 0.25) is 0 Å². The lowest BCUT2D eigenvalue weighted by atomic mass is 9.98. The van der Waals surface area contributed by atoms with E-state index in [1.165, 1.54) is 22.7 Å². The lowest BCUT2D eigenvalue weighted by Crippen LogP contribution is -2.45. The standard InChI is InChI=1S/C18H24N4O4S/c1-21(2)27(24,25)22-10-8-14(9-11-22)13-19-18(23)16-12-17(26-20-16)15-6-4-3-5-7-15/h3-7,12,14H,8-11,13H2,1-2H3,(H,19,23). The molecular formula is C18H24N4O4S. The van der Waals surface area contributed by atoms with Crippen LogP contribution in [0.4, 0.5) is 0 Å². The molecule has 3 rings (SSSR count). The Morgan fingerprint density at radius 2 is 1.93 bits per heavy atom. The molecule has 1 N–H and O–H groups in total. The predicted octanol–water partition coefficient (Wildman–Crippen LogP) is 1.59. The van der Waals surface area contributed by atoms with Gasteiger partial charge in [-0.15, -0.1) is 0 Å². The molecule has 1 aliphatic rings. The van der Waals surface area contributed by atoms with Crippen molar-refractivity contribution in [3.63, 3.8) is 0 Å². The summed E-state index contributed by atoms with van der Waals surface area (Å²) in [7, 11) is -0.302. The molecule has 1 aromatic carbocycles. The van der Waals surface area contributed by atoms with Crippen LogP contribution in [0.15, 0.2) is 40.9 Å². The molecule has 1 aromatic heterocycles. The van der Waals surface area contributed by atoms with E-state index in [1.807, 2.05) is 30.3 Å². The van der Waals surface area contributed by atoms with Crippen molar-refractivity contribution in [1.82, 2.24) is 19.1 Å². The molecule has 0 unspecified atom stereocenters. The van der Waals surface area contributed by atoms with E-state index in [4.69, 9.17) is 4.52 Å². The SMILES string of the molecule is CN(C)S(=O)(=O)N1CCC(CNC(=O)c2cc(-c3ccccc3)on2)CC1. The van der Waals surface area contributed by atoms with Gasteiger partial charge in [0.05, 0.1) is 0 Å². The van der Waals surface area contributed by atoms with Gasteiger partial charge in [0.15, 0.2) is 11.5 Å². The number of carbonyl (C=O) groups excluding carboxylic acids is 1. The summed E-state index contributed by atoms with van der Waals surface area (Å²) in [6.07, 6.45) is 1.42. The summed E-state index contributed by atoms with van der Waals surface area (Å²) in [4.78, 5) is 12.3. The van der Waals surface area contributed by atoms with E-state index >= 15 is 0 Å². The summed E-state index contributed by atoms with van der Waals surface area (Å²) in [5.74, 6) is 0.496. The second-order valence-corrected chi connectivity index (χ2v) is 8.93. The highest BCUT2D eigenvalue weighted by Gasteiger charge is 2.29. The number of nitrogens with zero attached hydrogens (tertiary/aromatic N) is 3. The molecular weight excluding hydrogens is 368 g/mol. The number of benzene rings is 1. The summed E-state index contributed by atoms with van der Waals surface area (Å²) in [5, 5.41) is 6.71. The van der Waals surface area contributed by atoms with E-state index in [1.54, 1.807) is 6.07 Å². The van der Waals surface area contributed by atoms with E-state index in [0.29, 0.717) is 38.2 Å². The van der Waals surface area contributed by atoms with E-state index in [2.05, 4.69) is 10.5 Å². The van der Waals surface area contributed by atoms with Gasteiger partial charge in [0.1, 0.15) is 0 Å². The number of hydrogen-bond donors (Lipinski definition) is 1. The summed E-state index contributed by atoms with van der Waals surface area (Å²) < 4.78 is 32.2. The first-order valence-electron chi connectivity index (χ1n) is 8.86. The molecule has 0 radical (unpaired) electrons. The number of aromatic nitrogens is 1. The topological polar surface area (TPSA) is 95.8 Å². The maximum Gasteiger partial charge on any atom is 0.281 e. The van der Waals surface area contributed by atoms with Gasteiger partial charge in [-0.25, -0.2) is 0 Å². The average molecular weight is 392 g/mol. The number of carbonyl (C=O) groups is 1. The van der Waals surface area contributed by atoms with Gasteiger partial charge in [-0.1, -0.05) is 35.5 Å². The Morgan fingerprint density at radius 1 is 1.26 bits per heavy atom. The van der Waals surface area contributed by atoms with Crippen LogP contribution >= 0.6 is 0 Å². The molecule has 1 saturated heterocycles. The van der Waals surface area contributed by atoms with Crippen molar-refractivity contribution in [2.75, 3.05) is 33.7 Å². The van der Waals surface area contributed by atoms with Crippen LogP contribution in [0.3, 0.4) is 0 Å². The first-order chi connectivity index (χ1) is 12.9. The van der Waals surface area contributed by atoms with Gasteiger partial charge < -0.3 is 9.84 Å². The normalized spacial score (nSPS) is 16.6.